The summed E-state index contributed by atoms with van der Waals surface area (Å²) in [6.07, 6.45) is 3.86. The van der Waals surface area contributed by atoms with Crippen molar-refractivity contribution in [2.45, 2.75) is 45.2 Å². The first-order chi connectivity index (χ1) is 4.61. The van der Waals surface area contributed by atoms with Gasteiger partial charge in [-0.15, -0.1) is 0 Å². The van der Waals surface area contributed by atoms with Crippen molar-refractivity contribution in [1.29, 1.82) is 0 Å². The molecule has 0 spiro atoms. The monoisotopic (exact) mass is 140 g/mol. The number of hydrogen-bond acceptors (Lipinski definition) is 1. The molecule has 0 unspecified atom stereocenters. The Hall–Kier alpha value is 0.0249. The lowest BCUT2D eigenvalue weighted by atomic mass is 9.44. The van der Waals surface area contributed by atoms with Crippen LogP contribution in [0.3, 0.4) is 0 Å². The molecule has 0 atom stereocenters. The third-order valence-electron chi connectivity index (χ3n) is 2.15. The molecular formula is C8H17BO. The predicted octanol–water partition coefficient (Wildman–Crippen LogP) is 2.59. The fraction of sp³-hybridized carbons (Fsp3) is 1.00. The molecule has 0 aliphatic carbocycles. The van der Waals surface area contributed by atoms with Crippen LogP contribution in [-0.2, 0) is 4.65 Å². The van der Waals surface area contributed by atoms with Gasteiger partial charge in [0.05, 0.1) is 0 Å². The van der Waals surface area contributed by atoms with Crippen molar-refractivity contribution in [2.75, 3.05) is 6.61 Å². The summed E-state index contributed by atoms with van der Waals surface area (Å²) in [6, 6.07) is 0. The highest BCUT2D eigenvalue weighted by atomic mass is 16.4. The quantitative estimate of drug-likeness (QED) is 0.470. The molecule has 1 fully saturated rings. The Morgan fingerprint density at radius 3 is 2.20 bits per heavy atom. The molecule has 0 bridgehead atoms. The number of rotatable bonds is 0. The van der Waals surface area contributed by atoms with Crippen molar-refractivity contribution >= 4 is 6.92 Å². The zero-order valence-electron chi connectivity index (χ0n) is 7.31. The van der Waals surface area contributed by atoms with E-state index in [0.29, 0.717) is 12.2 Å². The van der Waals surface area contributed by atoms with Crippen LogP contribution < -0.4 is 0 Å². The standard InChI is InChI=1S/C8H17BO/c1-8(2,3)9-6-4-5-7-10-9/h4-7H2,1-3H3. The van der Waals surface area contributed by atoms with Crippen molar-refractivity contribution in [3.63, 3.8) is 0 Å². The third-order valence-corrected chi connectivity index (χ3v) is 2.15. The van der Waals surface area contributed by atoms with Gasteiger partial charge in [-0.3, -0.25) is 0 Å². The van der Waals surface area contributed by atoms with Gasteiger partial charge in [-0.2, -0.15) is 0 Å². The lowest BCUT2D eigenvalue weighted by molar-refractivity contribution is 0.270. The Balaban J connectivity index is 2.39. The van der Waals surface area contributed by atoms with E-state index in [2.05, 4.69) is 20.8 Å². The molecule has 0 aromatic heterocycles. The van der Waals surface area contributed by atoms with E-state index in [1.807, 2.05) is 0 Å². The summed E-state index contributed by atoms with van der Waals surface area (Å²) in [5.41, 5.74) is 0. The fourth-order valence-corrected chi connectivity index (χ4v) is 1.42. The Morgan fingerprint density at radius 1 is 1.20 bits per heavy atom. The Labute approximate surface area is 64.3 Å². The van der Waals surface area contributed by atoms with Crippen molar-refractivity contribution in [2.24, 2.45) is 0 Å². The molecule has 0 radical (unpaired) electrons. The predicted molar refractivity (Wildman–Crippen MR) is 45.5 cm³/mol. The molecule has 1 rings (SSSR count). The van der Waals surface area contributed by atoms with E-state index in [1.54, 1.807) is 0 Å². The van der Waals surface area contributed by atoms with Crippen LogP contribution in [0.15, 0.2) is 0 Å². The fourth-order valence-electron chi connectivity index (χ4n) is 1.42. The average Bonchev–Trinajstić information content (AvgIpc) is 1.88. The minimum absolute atomic E-state index is 0.348. The summed E-state index contributed by atoms with van der Waals surface area (Å²) < 4.78 is 5.64. The highest BCUT2D eigenvalue weighted by Crippen LogP contribution is 2.32. The molecular weight excluding hydrogens is 123 g/mol. The molecule has 0 N–H and O–H groups in total. The second kappa shape index (κ2) is 2.95. The average molecular weight is 140 g/mol. The van der Waals surface area contributed by atoms with E-state index >= 15 is 0 Å². The van der Waals surface area contributed by atoms with Crippen LogP contribution in [-0.4, -0.2) is 13.5 Å². The van der Waals surface area contributed by atoms with Crippen LogP contribution in [0.1, 0.15) is 33.6 Å². The van der Waals surface area contributed by atoms with Crippen molar-refractivity contribution in [3.8, 4) is 0 Å². The van der Waals surface area contributed by atoms with E-state index in [1.165, 1.54) is 19.2 Å². The molecule has 1 aliphatic rings. The molecule has 1 saturated heterocycles. The second-order valence-corrected chi connectivity index (χ2v) is 4.22. The van der Waals surface area contributed by atoms with Crippen LogP contribution >= 0.6 is 0 Å². The molecule has 0 saturated carbocycles. The zero-order valence-corrected chi connectivity index (χ0v) is 7.31. The number of hydrogen-bond donors (Lipinski definition) is 0. The van der Waals surface area contributed by atoms with Gasteiger partial charge in [0.1, 0.15) is 0 Å². The van der Waals surface area contributed by atoms with E-state index in [0.717, 1.165) is 6.61 Å². The Kier molecular flexibility index (Phi) is 2.40. The van der Waals surface area contributed by atoms with Gasteiger partial charge in [0.25, 0.3) is 6.92 Å². The van der Waals surface area contributed by atoms with Crippen molar-refractivity contribution < 1.29 is 4.65 Å². The van der Waals surface area contributed by atoms with Crippen LogP contribution in [0.5, 0.6) is 0 Å². The summed E-state index contributed by atoms with van der Waals surface area (Å²) in [5.74, 6) is 0. The summed E-state index contributed by atoms with van der Waals surface area (Å²) in [4.78, 5) is 0. The Bertz CT molecular complexity index is 100. The molecule has 0 aromatic rings. The van der Waals surface area contributed by atoms with Gasteiger partial charge >= 0.3 is 0 Å². The summed E-state index contributed by atoms with van der Waals surface area (Å²) in [6.45, 7) is 8.23. The molecule has 0 amide bonds. The first-order valence-electron chi connectivity index (χ1n) is 4.22. The molecule has 1 aliphatic heterocycles. The summed E-state index contributed by atoms with van der Waals surface area (Å²) >= 11 is 0. The largest absolute Gasteiger partial charge is 0.435 e. The van der Waals surface area contributed by atoms with Gasteiger partial charge in [-0.1, -0.05) is 27.2 Å². The molecule has 2 heteroatoms. The molecule has 1 nitrogen and oxygen atoms in total. The summed E-state index contributed by atoms with van der Waals surface area (Å²) in [7, 11) is 0. The lowest BCUT2D eigenvalue weighted by Gasteiger charge is -2.30. The molecule has 58 valence electrons. The normalized spacial score (nSPS) is 21.3. The van der Waals surface area contributed by atoms with Crippen molar-refractivity contribution in [3.05, 3.63) is 0 Å². The minimum atomic E-state index is 0.348. The van der Waals surface area contributed by atoms with E-state index in [9.17, 15) is 0 Å². The van der Waals surface area contributed by atoms with Gasteiger partial charge in [0.15, 0.2) is 0 Å². The highest BCUT2D eigenvalue weighted by molar-refractivity contribution is 6.55. The van der Waals surface area contributed by atoms with Crippen LogP contribution in [0, 0.1) is 0 Å². The summed E-state index contributed by atoms with van der Waals surface area (Å²) in [5, 5.41) is 0.348. The maximum absolute atomic E-state index is 5.64. The zero-order chi connectivity index (χ0) is 7.61. The molecule has 0 aromatic carbocycles. The van der Waals surface area contributed by atoms with Gasteiger partial charge in [-0.25, -0.2) is 0 Å². The maximum Gasteiger partial charge on any atom is 0.298 e. The highest BCUT2D eigenvalue weighted by Gasteiger charge is 2.31. The smallest absolute Gasteiger partial charge is 0.298 e. The Morgan fingerprint density at radius 2 is 1.90 bits per heavy atom. The van der Waals surface area contributed by atoms with E-state index < -0.39 is 0 Å². The van der Waals surface area contributed by atoms with Gasteiger partial charge in [-0.05, 0) is 18.1 Å². The van der Waals surface area contributed by atoms with Crippen LogP contribution in [0.2, 0.25) is 11.6 Å². The van der Waals surface area contributed by atoms with Gasteiger partial charge < -0.3 is 4.65 Å². The van der Waals surface area contributed by atoms with E-state index in [-0.39, 0.29) is 0 Å². The second-order valence-electron chi connectivity index (χ2n) is 4.22. The molecule has 10 heavy (non-hydrogen) atoms. The maximum atomic E-state index is 5.64. The topological polar surface area (TPSA) is 9.23 Å². The first-order valence-corrected chi connectivity index (χ1v) is 4.22. The minimum Gasteiger partial charge on any atom is -0.435 e. The van der Waals surface area contributed by atoms with Gasteiger partial charge in [0.2, 0.25) is 0 Å². The van der Waals surface area contributed by atoms with E-state index in [4.69, 9.17) is 4.65 Å². The molecule has 1 heterocycles. The van der Waals surface area contributed by atoms with Crippen molar-refractivity contribution in [1.82, 2.24) is 0 Å². The van der Waals surface area contributed by atoms with Crippen LogP contribution in [0.4, 0.5) is 0 Å². The lowest BCUT2D eigenvalue weighted by Crippen LogP contribution is -2.32. The van der Waals surface area contributed by atoms with Gasteiger partial charge in [0, 0.05) is 6.61 Å². The first kappa shape index (κ1) is 8.12. The third kappa shape index (κ3) is 2.01. The SMILES string of the molecule is CC(C)(C)B1CCCCO1. The van der Waals surface area contributed by atoms with Crippen LogP contribution in [0.25, 0.3) is 0 Å².